The summed E-state index contributed by atoms with van der Waals surface area (Å²) in [4.78, 5) is 12.9. The van der Waals surface area contributed by atoms with Crippen molar-refractivity contribution in [3.05, 3.63) is 111 Å². The standard InChI is InChI=1S/C23H22N6O2/c1-17-9-6-7-14-21(17)28-23(24-25-26-28)22(19-11-4-3-5-12-19)27(2)16-18-10-8-13-20(15-18)29(30)31/h3-15,22H,16H2,1-2H3. The SMILES string of the molecule is Cc1ccccc1-n1nnnc1C(c1ccccc1)N(C)Cc1cccc([N+](=O)[O-])c1. The lowest BCUT2D eigenvalue weighted by Crippen LogP contribution is -2.28. The number of tetrazole rings is 1. The van der Waals surface area contributed by atoms with E-state index in [1.807, 2.05) is 74.6 Å². The van der Waals surface area contributed by atoms with Gasteiger partial charge in [-0.15, -0.1) is 5.10 Å². The van der Waals surface area contributed by atoms with Gasteiger partial charge in [-0.3, -0.25) is 15.0 Å². The minimum atomic E-state index is -0.378. The van der Waals surface area contributed by atoms with Gasteiger partial charge in [0.2, 0.25) is 0 Å². The van der Waals surface area contributed by atoms with Gasteiger partial charge < -0.3 is 0 Å². The third kappa shape index (κ3) is 4.34. The van der Waals surface area contributed by atoms with Crippen molar-refractivity contribution in [2.45, 2.75) is 19.5 Å². The Morgan fingerprint density at radius 3 is 2.52 bits per heavy atom. The fraction of sp³-hybridized carbons (Fsp3) is 0.174. The molecule has 0 spiro atoms. The predicted molar refractivity (Wildman–Crippen MR) is 117 cm³/mol. The van der Waals surface area contributed by atoms with Crippen LogP contribution in [0.2, 0.25) is 0 Å². The number of hydrogen-bond donors (Lipinski definition) is 0. The molecule has 4 aromatic rings. The highest BCUT2D eigenvalue weighted by molar-refractivity contribution is 5.41. The molecule has 4 rings (SSSR count). The summed E-state index contributed by atoms with van der Waals surface area (Å²) in [5, 5.41) is 23.8. The van der Waals surface area contributed by atoms with Crippen LogP contribution >= 0.6 is 0 Å². The lowest BCUT2D eigenvalue weighted by Gasteiger charge is -2.28. The molecule has 0 aliphatic carbocycles. The van der Waals surface area contributed by atoms with Crippen LogP contribution in [0.25, 0.3) is 5.69 Å². The van der Waals surface area contributed by atoms with Gasteiger partial charge in [0.15, 0.2) is 5.82 Å². The van der Waals surface area contributed by atoms with Crippen LogP contribution in [-0.4, -0.2) is 37.1 Å². The zero-order valence-corrected chi connectivity index (χ0v) is 17.3. The third-order valence-electron chi connectivity index (χ3n) is 5.19. The van der Waals surface area contributed by atoms with Gasteiger partial charge >= 0.3 is 0 Å². The maximum absolute atomic E-state index is 11.2. The molecule has 0 bridgehead atoms. The smallest absolute Gasteiger partial charge is 0.269 e. The molecule has 156 valence electrons. The van der Waals surface area contributed by atoms with Gasteiger partial charge in [0, 0.05) is 18.7 Å². The van der Waals surface area contributed by atoms with E-state index in [9.17, 15) is 10.1 Å². The number of benzene rings is 3. The summed E-state index contributed by atoms with van der Waals surface area (Å²) in [6.45, 7) is 2.51. The third-order valence-corrected chi connectivity index (χ3v) is 5.19. The molecule has 0 saturated carbocycles. The predicted octanol–water partition coefficient (Wildman–Crippen LogP) is 4.10. The maximum Gasteiger partial charge on any atom is 0.269 e. The topological polar surface area (TPSA) is 90.0 Å². The van der Waals surface area contributed by atoms with Crippen LogP contribution in [0.3, 0.4) is 0 Å². The molecule has 31 heavy (non-hydrogen) atoms. The normalized spacial score (nSPS) is 12.1. The minimum absolute atomic E-state index is 0.0758. The van der Waals surface area contributed by atoms with E-state index in [4.69, 9.17) is 0 Å². The first-order valence-electron chi connectivity index (χ1n) is 9.87. The summed E-state index contributed by atoms with van der Waals surface area (Å²) >= 11 is 0. The Kier molecular flexibility index (Phi) is 5.81. The van der Waals surface area contributed by atoms with E-state index < -0.39 is 0 Å². The quantitative estimate of drug-likeness (QED) is 0.334. The summed E-state index contributed by atoms with van der Waals surface area (Å²) in [5.41, 5.74) is 3.91. The molecule has 1 aromatic heterocycles. The average molecular weight is 414 g/mol. The summed E-state index contributed by atoms with van der Waals surface area (Å²) in [5.74, 6) is 0.674. The number of hydrogen-bond acceptors (Lipinski definition) is 6. The summed E-state index contributed by atoms with van der Waals surface area (Å²) in [7, 11) is 1.97. The number of non-ortho nitro benzene ring substituents is 1. The van der Waals surface area contributed by atoms with Crippen molar-refractivity contribution < 1.29 is 4.92 Å². The van der Waals surface area contributed by atoms with Gasteiger partial charge in [0.25, 0.3) is 5.69 Å². The Morgan fingerprint density at radius 2 is 1.77 bits per heavy atom. The molecule has 1 unspecified atom stereocenters. The van der Waals surface area contributed by atoms with Crippen LogP contribution in [0.15, 0.2) is 78.9 Å². The Bertz CT molecular complexity index is 1190. The molecule has 0 aliphatic rings. The van der Waals surface area contributed by atoms with Crippen LogP contribution in [0, 0.1) is 17.0 Å². The Labute approximate surface area is 179 Å². The van der Waals surface area contributed by atoms with E-state index in [0.717, 1.165) is 22.4 Å². The lowest BCUT2D eigenvalue weighted by atomic mass is 10.0. The first-order valence-corrected chi connectivity index (χ1v) is 9.87. The lowest BCUT2D eigenvalue weighted by molar-refractivity contribution is -0.384. The highest BCUT2D eigenvalue weighted by atomic mass is 16.6. The van der Waals surface area contributed by atoms with Gasteiger partial charge in [-0.1, -0.05) is 60.7 Å². The zero-order valence-electron chi connectivity index (χ0n) is 17.3. The first kappa shape index (κ1) is 20.4. The van der Waals surface area contributed by atoms with E-state index in [1.165, 1.54) is 6.07 Å². The first-order chi connectivity index (χ1) is 15.0. The van der Waals surface area contributed by atoms with Crippen molar-refractivity contribution in [3.8, 4) is 5.69 Å². The molecule has 3 aromatic carbocycles. The second-order valence-corrected chi connectivity index (χ2v) is 7.39. The monoisotopic (exact) mass is 414 g/mol. The van der Waals surface area contributed by atoms with Crippen LogP contribution in [0.4, 0.5) is 5.69 Å². The molecule has 0 N–H and O–H groups in total. The number of nitro benzene ring substituents is 1. The van der Waals surface area contributed by atoms with Crippen LogP contribution in [0.5, 0.6) is 0 Å². The van der Waals surface area contributed by atoms with Gasteiger partial charge in [-0.2, -0.15) is 4.68 Å². The molecular weight excluding hydrogens is 392 g/mol. The number of aryl methyl sites for hydroxylation is 1. The molecule has 0 saturated heterocycles. The summed E-state index contributed by atoms with van der Waals surface area (Å²) < 4.78 is 1.76. The zero-order chi connectivity index (χ0) is 21.8. The van der Waals surface area contributed by atoms with E-state index in [1.54, 1.807) is 16.8 Å². The average Bonchev–Trinajstić information content (AvgIpc) is 3.24. The molecular formula is C23H22N6O2. The second-order valence-electron chi connectivity index (χ2n) is 7.39. The van der Waals surface area contributed by atoms with Crippen molar-refractivity contribution in [1.82, 2.24) is 25.1 Å². The van der Waals surface area contributed by atoms with Crippen molar-refractivity contribution in [2.75, 3.05) is 7.05 Å². The molecule has 8 nitrogen and oxygen atoms in total. The van der Waals surface area contributed by atoms with Gasteiger partial charge in [-0.25, -0.2) is 0 Å². The van der Waals surface area contributed by atoms with Crippen molar-refractivity contribution >= 4 is 5.69 Å². The van der Waals surface area contributed by atoms with Gasteiger partial charge in [-0.05, 0) is 47.2 Å². The fourth-order valence-corrected chi connectivity index (χ4v) is 3.72. The number of nitro groups is 1. The highest BCUT2D eigenvalue weighted by Crippen LogP contribution is 2.29. The highest BCUT2D eigenvalue weighted by Gasteiger charge is 2.27. The summed E-state index contributed by atoms with van der Waals surface area (Å²) in [6.07, 6.45) is 0. The molecule has 8 heteroatoms. The van der Waals surface area contributed by atoms with E-state index in [-0.39, 0.29) is 16.7 Å². The van der Waals surface area contributed by atoms with Gasteiger partial charge in [0.1, 0.15) is 0 Å². The minimum Gasteiger partial charge on any atom is -0.288 e. The van der Waals surface area contributed by atoms with Crippen LogP contribution < -0.4 is 0 Å². The summed E-state index contributed by atoms with van der Waals surface area (Å²) in [6, 6.07) is 24.4. The largest absolute Gasteiger partial charge is 0.288 e. The maximum atomic E-state index is 11.2. The molecule has 0 aliphatic heterocycles. The van der Waals surface area contributed by atoms with Crippen molar-refractivity contribution in [3.63, 3.8) is 0 Å². The number of rotatable bonds is 7. The molecule has 1 heterocycles. The van der Waals surface area contributed by atoms with Crippen LogP contribution in [0.1, 0.15) is 28.6 Å². The molecule has 0 fully saturated rings. The molecule has 0 radical (unpaired) electrons. The van der Waals surface area contributed by atoms with Crippen molar-refractivity contribution in [2.24, 2.45) is 0 Å². The van der Waals surface area contributed by atoms with Gasteiger partial charge in [0.05, 0.1) is 16.7 Å². The number of aromatic nitrogens is 4. The Morgan fingerprint density at radius 1 is 1.03 bits per heavy atom. The van der Waals surface area contributed by atoms with Crippen molar-refractivity contribution in [1.29, 1.82) is 0 Å². The van der Waals surface area contributed by atoms with Crippen LogP contribution in [-0.2, 0) is 6.54 Å². The Hall–Kier alpha value is -3.91. The second kappa shape index (κ2) is 8.85. The fourth-order valence-electron chi connectivity index (χ4n) is 3.72. The molecule has 0 amide bonds. The Balaban J connectivity index is 1.75. The molecule has 1 atom stereocenters. The van der Waals surface area contributed by atoms with E-state index in [2.05, 4.69) is 20.4 Å². The van der Waals surface area contributed by atoms with E-state index in [0.29, 0.717) is 12.4 Å². The number of para-hydroxylation sites is 1. The number of nitrogens with zero attached hydrogens (tertiary/aromatic N) is 6. The van der Waals surface area contributed by atoms with E-state index >= 15 is 0 Å².